The largest absolute Gasteiger partial charge is 0.480 e. The van der Waals surface area contributed by atoms with E-state index in [1.807, 2.05) is 19.1 Å². The molecular weight excluding hydrogens is 587 g/mol. The zero-order chi connectivity index (χ0) is 30.8. The van der Waals surface area contributed by atoms with Crippen molar-refractivity contribution in [2.75, 3.05) is 12.3 Å². The Kier molecular flexibility index (Phi) is 12.0. The Bertz CT molecular complexity index is 1400. The molecule has 11 heteroatoms. The van der Waals surface area contributed by atoms with Gasteiger partial charge in [0, 0.05) is 37.3 Å². The van der Waals surface area contributed by atoms with Gasteiger partial charge in [-0.2, -0.15) is 4.31 Å². The second-order valence-corrected chi connectivity index (χ2v) is 14.2. The standard InChI is InChI=1S/C32H41N3O6S2/c1-2-30-35(43(40,41)27-13-7-4-8-14-27)29(22-42-30)31(37)34-28(32(38)39)21-24-17-15-23(16-18-24)20-26(36)12-6-3-5-10-25-11-9-19-33-25/h4,7-8,13-18,28-30H,2-3,5-6,9-12,19-22H2,1H3,(H,34,37)(H,38,39)/t28-,29-,30?/m0/s1. The van der Waals surface area contributed by atoms with Crippen LogP contribution in [0.2, 0.25) is 0 Å². The number of carboxylic acids is 1. The number of aliphatic imine (C=N–C) groups is 1. The van der Waals surface area contributed by atoms with Gasteiger partial charge in [0.25, 0.3) is 0 Å². The molecular formula is C32H41N3O6S2. The van der Waals surface area contributed by atoms with Crippen molar-refractivity contribution in [3.05, 3.63) is 65.7 Å². The predicted molar refractivity (Wildman–Crippen MR) is 169 cm³/mol. The molecule has 2 N–H and O–H groups in total. The Morgan fingerprint density at radius 3 is 2.42 bits per heavy atom. The molecule has 1 unspecified atom stereocenters. The molecule has 0 aliphatic carbocycles. The minimum atomic E-state index is -3.96. The molecule has 9 nitrogen and oxygen atoms in total. The van der Waals surface area contributed by atoms with Gasteiger partial charge < -0.3 is 10.4 Å². The fraction of sp³-hybridized carbons (Fsp3) is 0.500. The summed E-state index contributed by atoms with van der Waals surface area (Å²) >= 11 is 1.37. The van der Waals surface area contributed by atoms with Crippen molar-refractivity contribution in [2.24, 2.45) is 4.99 Å². The van der Waals surface area contributed by atoms with Crippen LogP contribution in [0.1, 0.15) is 69.4 Å². The quantitative estimate of drug-likeness (QED) is 0.259. The number of hydrogen-bond acceptors (Lipinski definition) is 7. The first kappa shape index (κ1) is 32.9. The van der Waals surface area contributed by atoms with E-state index >= 15 is 0 Å². The van der Waals surface area contributed by atoms with Crippen molar-refractivity contribution in [2.45, 2.75) is 93.5 Å². The third kappa shape index (κ3) is 9.00. The van der Waals surface area contributed by atoms with E-state index < -0.39 is 39.4 Å². The highest BCUT2D eigenvalue weighted by Gasteiger charge is 2.46. The fourth-order valence-corrected chi connectivity index (χ4v) is 9.09. The van der Waals surface area contributed by atoms with E-state index in [0.29, 0.717) is 24.8 Å². The van der Waals surface area contributed by atoms with Crippen molar-refractivity contribution in [3.63, 3.8) is 0 Å². The lowest BCUT2D eigenvalue weighted by molar-refractivity contribution is -0.142. The number of aliphatic carboxylic acids is 1. The minimum Gasteiger partial charge on any atom is -0.480 e. The Labute approximate surface area is 258 Å². The number of carboxylic acid groups (broad SMARTS) is 1. The fourth-order valence-electron chi connectivity index (χ4n) is 5.52. The number of rotatable bonds is 16. The summed E-state index contributed by atoms with van der Waals surface area (Å²) < 4.78 is 28.1. The van der Waals surface area contributed by atoms with E-state index in [9.17, 15) is 27.9 Å². The molecule has 2 aromatic carbocycles. The van der Waals surface area contributed by atoms with Crippen molar-refractivity contribution < 1.29 is 27.9 Å². The summed E-state index contributed by atoms with van der Waals surface area (Å²) in [5.74, 6) is -1.42. The number of amides is 1. The molecule has 232 valence electrons. The van der Waals surface area contributed by atoms with Gasteiger partial charge in [0.2, 0.25) is 15.9 Å². The maximum atomic E-state index is 13.5. The highest BCUT2D eigenvalue weighted by molar-refractivity contribution is 8.01. The Hall–Kier alpha value is -3.02. The molecule has 2 heterocycles. The van der Waals surface area contributed by atoms with Gasteiger partial charge in [-0.3, -0.25) is 14.6 Å². The van der Waals surface area contributed by atoms with E-state index in [4.69, 9.17) is 0 Å². The first-order valence-electron chi connectivity index (χ1n) is 15.0. The van der Waals surface area contributed by atoms with Crippen LogP contribution in [-0.4, -0.2) is 71.0 Å². The van der Waals surface area contributed by atoms with Crippen LogP contribution in [0.5, 0.6) is 0 Å². The average molecular weight is 628 g/mol. The van der Waals surface area contributed by atoms with E-state index in [0.717, 1.165) is 50.6 Å². The zero-order valence-electron chi connectivity index (χ0n) is 24.6. The van der Waals surface area contributed by atoms with Crippen molar-refractivity contribution in [3.8, 4) is 0 Å². The number of benzene rings is 2. The average Bonchev–Trinajstić information content (AvgIpc) is 3.68. The highest BCUT2D eigenvalue weighted by atomic mass is 32.2. The highest BCUT2D eigenvalue weighted by Crippen LogP contribution is 2.36. The molecule has 2 aliphatic rings. The van der Waals surface area contributed by atoms with E-state index in [2.05, 4.69) is 10.3 Å². The lowest BCUT2D eigenvalue weighted by Gasteiger charge is -2.28. The lowest BCUT2D eigenvalue weighted by atomic mass is 10.00. The van der Waals surface area contributed by atoms with Crippen LogP contribution in [0.15, 0.2) is 64.5 Å². The molecule has 4 rings (SSSR count). The number of Topliss-reactive ketones (excluding diaryl/α,β-unsaturated/α-hetero) is 1. The number of carbonyl (C=O) groups excluding carboxylic acids is 2. The van der Waals surface area contributed by atoms with Crippen molar-refractivity contribution >= 4 is 45.2 Å². The molecule has 0 saturated carbocycles. The molecule has 0 bridgehead atoms. The molecule has 3 atom stereocenters. The maximum absolute atomic E-state index is 13.5. The summed E-state index contributed by atoms with van der Waals surface area (Å²) in [5.41, 5.74) is 2.87. The molecule has 0 aromatic heterocycles. The van der Waals surface area contributed by atoms with Gasteiger partial charge in [-0.25, -0.2) is 13.2 Å². The number of nitrogens with one attached hydrogen (secondary N) is 1. The summed E-state index contributed by atoms with van der Waals surface area (Å²) in [4.78, 5) is 42.5. The maximum Gasteiger partial charge on any atom is 0.326 e. The van der Waals surface area contributed by atoms with E-state index in [1.54, 1.807) is 30.3 Å². The lowest BCUT2D eigenvalue weighted by Crippen LogP contribution is -2.53. The van der Waals surface area contributed by atoms with Crippen LogP contribution < -0.4 is 5.32 Å². The topological polar surface area (TPSA) is 133 Å². The van der Waals surface area contributed by atoms with Crippen LogP contribution in [0.3, 0.4) is 0 Å². The summed E-state index contributed by atoms with van der Waals surface area (Å²) in [6.07, 6.45) is 7.68. The van der Waals surface area contributed by atoms with Gasteiger partial charge in [-0.1, -0.05) is 55.8 Å². The van der Waals surface area contributed by atoms with Crippen molar-refractivity contribution in [1.82, 2.24) is 9.62 Å². The zero-order valence-corrected chi connectivity index (χ0v) is 26.2. The number of nitrogens with zero attached hydrogens (tertiary/aromatic N) is 2. The molecule has 1 saturated heterocycles. The van der Waals surface area contributed by atoms with Crippen molar-refractivity contribution in [1.29, 1.82) is 0 Å². The normalized spacial score (nSPS) is 19.6. The first-order valence-corrected chi connectivity index (χ1v) is 17.5. The first-order chi connectivity index (χ1) is 20.7. The number of hydrogen-bond donors (Lipinski definition) is 2. The molecule has 43 heavy (non-hydrogen) atoms. The second-order valence-electron chi connectivity index (χ2n) is 11.1. The van der Waals surface area contributed by atoms with Gasteiger partial charge in [-0.15, -0.1) is 11.8 Å². The molecule has 0 radical (unpaired) electrons. The second kappa shape index (κ2) is 15.6. The van der Waals surface area contributed by atoms with Crippen LogP contribution in [0.25, 0.3) is 0 Å². The molecule has 1 fully saturated rings. The molecule has 2 aromatic rings. The van der Waals surface area contributed by atoms with Crippen LogP contribution in [0.4, 0.5) is 0 Å². The molecule has 1 amide bonds. The van der Waals surface area contributed by atoms with E-state index in [-0.39, 0.29) is 22.9 Å². The Morgan fingerprint density at radius 2 is 1.77 bits per heavy atom. The summed E-state index contributed by atoms with van der Waals surface area (Å²) in [6.45, 7) is 2.81. The number of sulfonamides is 1. The summed E-state index contributed by atoms with van der Waals surface area (Å²) in [5, 5.41) is 12.0. The number of unbranched alkanes of at least 4 members (excludes halogenated alkanes) is 2. The van der Waals surface area contributed by atoms with Gasteiger partial charge in [0.1, 0.15) is 17.9 Å². The van der Waals surface area contributed by atoms with Crippen LogP contribution in [0, 0.1) is 0 Å². The molecule has 2 aliphatic heterocycles. The third-order valence-electron chi connectivity index (χ3n) is 7.87. The van der Waals surface area contributed by atoms with Gasteiger partial charge in [-0.05, 0) is 61.8 Å². The van der Waals surface area contributed by atoms with Gasteiger partial charge in [0.05, 0.1) is 10.3 Å². The van der Waals surface area contributed by atoms with Gasteiger partial charge in [0.15, 0.2) is 0 Å². The van der Waals surface area contributed by atoms with Crippen LogP contribution >= 0.6 is 11.8 Å². The number of ketones is 1. The number of carbonyl (C=O) groups is 3. The smallest absolute Gasteiger partial charge is 0.326 e. The van der Waals surface area contributed by atoms with Gasteiger partial charge >= 0.3 is 5.97 Å². The molecule has 0 spiro atoms. The summed E-state index contributed by atoms with van der Waals surface area (Å²) in [6, 6.07) is 12.9. The Morgan fingerprint density at radius 1 is 1.05 bits per heavy atom. The number of thioether (sulfide) groups is 1. The third-order valence-corrected chi connectivity index (χ3v) is 11.4. The SMILES string of the molecule is CCC1SC[C@@H](C(=O)N[C@@H](Cc2ccc(CC(=O)CCCCCC3=NCCC3)cc2)C(=O)O)N1S(=O)(=O)c1ccccc1. The van der Waals surface area contributed by atoms with Crippen LogP contribution in [-0.2, 0) is 37.2 Å². The predicted octanol–water partition coefficient (Wildman–Crippen LogP) is 4.64. The monoisotopic (exact) mass is 627 g/mol. The Balaban J connectivity index is 1.30. The summed E-state index contributed by atoms with van der Waals surface area (Å²) in [7, 11) is -3.96. The minimum absolute atomic E-state index is 0.0308. The van der Waals surface area contributed by atoms with E-state index in [1.165, 1.54) is 33.9 Å².